The molecule has 1 amide bonds. The van der Waals surface area contributed by atoms with Crippen LogP contribution in [0, 0.1) is 5.41 Å². The summed E-state index contributed by atoms with van der Waals surface area (Å²) < 4.78 is 0. The molecule has 0 bridgehead atoms. The first-order valence-corrected chi connectivity index (χ1v) is 8.08. The predicted molar refractivity (Wildman–Crippen MR) is 90.5 cm³/mol. The highest BCUT2D eigenvalue weighted by molar-refractivity contribution is 5.85. The summed E-state index contributed by atoms with van der Waals surface area (Å²) in [5.74, 6) is 0.244. The molecule has 3 heterocycles. The van der Waals surface area contributed by atoms with Gasteiger partial charge in [-0.05, 0) is 48.9 Å². The summed E-state index contributed by atoms with van der Waals surface area (Å²) in [6, 6.07) is 6.67. The number of halogens is 1. The van der Waals surface area contributed by atoms with Gasteiger partial charge in [0.1, 0.15) is 0 Å². The molecule has 1 aromatic rings. The van der Waals surface area contributed by atoms with Gasteiger partial charge in [-0.1, -0.05) is 18.2 Å². The third-order valence-electron chi connectivity index (χ3n) is 5.44. The van der Waals surface area contributed by atoms with Crippen LogP contribution in [0.3, 0.4) is 0 Å². The van der Waals surface area contributed by atoms with Crippen LogP contribution >= 0.6 is 12.4 Å². The van der Waals surface area contributed by atoms with E-state index in [1.54, 1.807) is 0 Å². The number of benzene rings is 1. The van der Waals surface area contributed by atoms with Gasteiger partial charge >= 0.3 is 0 Å². The minimum Gasteiger partial charge on any atom is -0.384 e. The molecule has 0 aromatic heterocycles. The lowest BCUT2D eigenvalue weighted by atomic mass is 9.77. The molecule has 4 rings (SSSR count). The van der Waals surface area contributed by atoms with E-state index >= 15 is 0 Å². The van der Waals surface area contributed by atoms with E-state index in [0.29, 0.717) is 0 Å². The van der Waals surface area contributed by atoms with E-state index in [1.807, 2.05) is 0 Å². The molecule has 0 unspecified atom stereocenters. The first-order chi connectivity index (χ1) is 10.2. The molecule has 3 aliphatic rings. The van der Waals surface area contributed by atoms with Crippen LogP contribution in [0.1, 0.15) is 30.4 Å². The van der Waals surface area contributed by atoms with Crippen molar-refractivity contribution in [2.24, 2.45) is 5.41 Å². The van der Waals surface area contributed by atoms with E-state index in [0.717, 1.165) is 58.4 Å². The molecule has 2 saturated heterocycles. The number of nitrogens with one attached hydrogen (secondary N) is 2. The maximum absolute atomic E-state index is 11.5. The Morgan fingerprint density at radius 1 is 1.18 bits per heavy atom. The highest BCUT2D eigenvalue weighted by atomic mass is 35.5. The summed E-state index contributed by atoms with van der Waals surface area (Å²) in [4.78, 5) is 14.0. The Balaban J connectivity index is 0.00000144. The second kappa shape index (κ2) is 6.09. The molecule has 3 aliphatic heterocycles. The SMILES string of the molecule is Cl.O=C1CC2(CCN(Cc3cccc4c3NCC4)CC2)CN1. The molecule has 5 heteroatoms. The lowest BCUT2D eigenvalue weighted by molar-refractivity contribution is -0.119. The van der Waals surface area contributed by atoms with Crippen LogP contribution in [0.4, 0.5) is 5.69 Å². The average Bonchev–Trinajstić information content (AvgIpc) is 3.10. The zero-order chi connectivity index (χ0) is 14.3. The van der Waals surface area contributed by atoms with Gasteiger partial charge in [0.2, 0.25) is 5.91 Å². The number of carbonyl (C=O) groups excluding carboxylic acids is 1. The van der Waals surface area contributed by atoms with Crippen molar-refractivity contribution in [2.45, 2.75) is 32.2 Å². The van der Waals surface area contributed by atoms with Crippen molar-refractivity contribution in [3.05, 3.63) is 29.3 Å². The Morgan fingerprint density at radius 3 is 2.73 bits per heavy atom. The highest BCUT2D eigenvalue weighted by Crippen LogP contribution is 2.38. The summed E-state index contributed by atoms with van der Waals surface area (Å²) in [7, 11) is 0. The van der Waals surface area contributed by atoms with Crippen LogP contribution < -0.4 is 10.6 Å². The third-order valence-corrected chi connectivity index (χ3v) is 5.44. The lowest BCUT2D eigenvalue weighted by Gasteiger charge is -2.38. The Bertz CT molecular complexity index is 567. The summed E-state index contributed by atoms with van der Waals surface area (Å²) >= 11 is 0. The number of likely N-dealkylation sites (tertiary alicyclic amines) is 1. The quantitative estimate of drug-likeness (QED) is 0.877. The zero-order valence-electron chi connectivity index (χ0n) is 12.9. The Kier molecular flexibility index (Phi) is 4.33. The number of rotatable bonds is 2. The number of piperidine rings is 1. The Hall–Kier alpha value is -1.26. The third kappa shape index (κ3) is 2.82. The molecule has 0 saturated carbocycles. The molecule has 1 spiro atoms. The van der Waals surface area contributed by atoms with E-state index in [9.17, 15) is 4.79 Å². The molecule has 1 aromatic carbocycles. The maximum Gasteiger partial charge on any atom is 0.220 e. The molecule has 120 valence electrons. The first-order valence-electron chi connectivity index (χ1n) is 8.08. The minimum absolute atomic E-state index is 0. The standard InChI is InChI=1S/C17H23N3O.ClH/c21-15-10-17(12-19-15)5-8-20(9-6-17)11-14-3-1-2-13-4-7-18-16(13)14;/h1-3,18H,4-12H2,(H,19,21);1H. The van der Waals surface area contributed by atoms with Gasteiger partial charge in [0.15, 0.2) is 0 Å². The van der Waals surface area contributed by atoms with Crippen LogP contribution in [-0.2, 0) is 17.8 Å². The van der Waals surface area contributed by atoms with Crippen molar-refractivity contribution in [3.63, 3.8) is 0 Å². The zero-order valence-corrected chi connectivity index (χ0v) is 13.7. The number of fused-ring (bicyclic) bond motifs is 1. The van der Waals surface area contributed by atoms with Crippen molar-refractivity contribution in [1.82, 2.24) is 10.2 Å². The molecular formula is C17H24ClN3O. The Labute approximate surface area is 138 Å². The number of hydrogen-bond donors (Lipinski definition) is 2. The first kappa shape index (κ1) is 15.6. The van der Waals surface area contributed by atoms with Crippen molar-refractivity contribution in [2.75, 3.05) is 31.5 Å². The van der Waals surface area contributed by atoms with Crippen LogP contribution in [0.5, 0.6) is 0 Å². The normalized spacial score (nSPS) is 22.8. The molecule has 2 N–H and O–H groups in total. The molecule has 4 nitrogen and oxygen atoms in total. The lowest BCUT2D eigenvalue weighted by Crippen LogP contribution is -2.40. The average molecular weight is 322 g/mol. The molecule has 2 fully saturated rings. The van der Waals surface area contributed by atoms with Gasteiger partial charge in [-0.15, -0.1) is 12.4 Å². The second-order valence-electron chi connectivity index (χ2n) is 6.86. The van der Waals surface area contributed by atoms with Crippen LogP contribution in [0.2, 0.25) is 0 Å². The summed E-state index contributed by atoms with van der Waals surface area (Å²) in [6.07, 6.45) is 4.19. The van der Waals surface area contributed by atoms with E-state index in [-0.39, 0.29) is 23.7 Å². The molecular weight excluding hydrogens is 298 g/mol. The number of carbonyl (C=O) groups is 1. The van der Waals surface area contributed by atoms with Gasteiger partial charge in [0.25, 0.3) is 0 Å². The monoisotopic (exact) mass is 321 g/mol. The van der Waals surface area contributed by atoms with E-state index in [1.165, 1.54) is 16.8 Å². The second-order valence-corrected chi connectivity index (χ2v) is 6.86. The van der Waals surface area contributed by atoms with Gasteiger partial charge in [-0.2, -0.15) is 0 Å². The fourth-order valence-electron chi connectivity index (χ4n) is 4.07. The van der Waals surface area contributed by atoms with E-state index in [4.69, 9.17) is 0 Å². The van der Waals surface area contributed by atoms with Crippen molar-refractivity contribution in [1.29, 1.82) is 0 Å². The molecule has 0 atom stereocenters. The summed E-state index contributed by atoms with van der Waals surface area (Å²) in [5.41, 5.74) is 4.52. The van der Waals surface area contributed by atoms with E-state index < -0.39 is 0 Å². The van der Waals surface area contributed by atoms with Gasteiger partial charge < -0.3 is 10.6 Å². The number of nitrogens with zero attached hydrogens (tertiary/aromatic N) is 1. The molecule has 0 aliphatic carbocycles. The summed E-state index contributed by atoms with van der Waals surface area (Å²) in [5, 5.41) is 6.54. The fraction of sp³-hybridized carbons (Fsp3) is 0.588. The van der Waals surface area contributed by atoms with Crippen LogP contribution in [0.15, 0.2) is 18.2 Å². The Morgan fingerprint density at radius 2 is 2.00 bits per heavy atom. The predicted octanol–water partition coefficient (Wildman–Crippen LogP) is 2.18. The highest BCUT2D eigenvalue weighted by Gasteiger charge is 2.40. The van der Waals surface area contributed by atoms with Crippen LogP contribution in [0.25, 0.3) is 0 Å². The number of amides is 1. The summed E-state index contributed by atoms with van der Waals surface area (Å²) in [6.45, 7) is 5.22. The number of anilines is 1. The van der Waals surface area contributed by atoms with Crippen LogP contribution in [-0.4, -0.2) is 37.0 Å². The topological polar surface area (TPSA) is 44.4 Å². The van der Waals surface area contributed by atoms with Gasteiger partial charge in [0.05, 0.1) is 0 Å². The molecule has 0 radical (unpaired) electrons. The fourth-order valence-corrected chi connectivity index (χ4v) is 4.07. The van der Waals surface area contributed by atoms with Gasteiger partial charge in [-0.3, -0.25) is 9.69 Å². The van der Waals surface area contributed by atoms with Crippen molar-refractivity contribution in [3.8, 4) is 0 Å². The van der Waals surface area contributed by atoms with Crippen molar-refractivity contribution < 1.29 is 4.79 Å². The smallest absolute Gasteiger partial charge is 0.220 e. The molecule has 22 heavy (non-hydrogen) atoms. The van der Waals surface area contributed by atoms with E-state index in [2.05, 4.69) is 33.7 Å². The minimum atomic E-state index is 0. The van der Waals surface area contributed by atoms with Gasteiger partial charge in [0, 0.05) is 31.7 Å². The van der Waals surface area contributed by atoms with Crippen molar-refractivity contribution >= 4 is 24.0 Å². The number of hydrogen-bond acceptors (Lipinski definition) is 3. The largest absolute Gasteiger partial charge is 0.384 e. The maximum atomic E-state index is 11.5. The number of para-hydroxylation sites is 1. The van der Waals surface area contributed by atoms with Gasteiger partial charge in [-0.25, -0.2) is 0 Å².